The molecule has 6 nitrogen and oxygen atoms in total. The van der Waals surface area contributed by atoms with Gasteiger partial charge in [0.15, 0.2) is 0 Å². The number of esters is 1. The van der Waals surface area contributed by atoms with Crippen LogP contribution in [0.1, 0.15) is 72.6 Å². The molecule has 0 unspecified atom stereocenters. The lowest BCUT2D eigenvalue weighted by Crippen LogP contribution is -2.34. The van der Waals surface area contributed by atoms with Crippen molar-refractivity contribution in [1.29, 1.82) is 0 Å². The number of benzene rings is 3. The second-order valence-corrected chi connectivity index (χ2v) is 11.8. The van der Waals surface area contributed by atoms with Crippen molar-refractivity contribution in [2.45, 2.75) is 71.3 Å². The van der Waals surface area contributed by atoms with Crippen LogP contribution in [0.25, 0.3) is 0 Å². The molecule has 228 valence electrons. The summed E-state index contributed by atoms with van der Waals surface area (Å²) in [4.78, 5) is 39.6. The summed E-state index contributed by atoms with van der Waals surface area (Å²) in [6.45, 7) is 6.49. The number of hydrogen-bond donors (Lipinski definition) is 1. The minimum atomic E-state index is -4.65. The zero-order chi connectivity index (χ0) is 31.5. The third-order valence-electron chi connectivity index (χ3n) is 7.23. The molecule has 1 N–H and O–H groups in total. The van der Waals surface area contributed by atoms with Gasteiger partial charge in [0.25, 0.3) is 5.91 Å². The lowest BCUT2D eigenvalue weighted by molar-refractivity contribution is -0.178. The highest BCUT2D eigenvalue weighted by Gasteiger charge is 2.45. The van der Waals surface area contributed by atoms with Crippen LogP contribution in [-0.4, -0.2) is 34.5 Å². The lowest BCUT2D eigenvalue weighted by atomic mass is 9.85. The van der Waals surface area contributed by atoms with Crippen molar-refractivity contribution in [1.82, 2.24) is 4.90 Å². The van der Waals surface area contributed by atoms with Crippen LogP contribution in [0.4, 0.5) is 23.2 Å². The van der Waals surface area contributed by atoms with E-state index in [-0.39, 0.29) is 37.0 Å². The van der Waals surface area contributed by atoms with E-state index < -0.39 is 35.3 Å². The van der Waals surface area contributed by atoms with Gasteiger partial charge in [0.05, 0.1) is 18.4 Å². The molecule has 2 amide bonds. The van der Waals surface area contributed by atoms with Crippen molar-refractivity contribution in [3.63, 3.8) is 0 Å². The second kappa shape index (κ2) is 12.6. The van der Waals surface area contributed by atoms with E-state index in [9.17, 15) is 31.9 Å². The fourth-order valence-electron chi connectivity index (χ4n) is 5.05. The number of carbonyl (C=O) groups is 3. The first-order valence-corrected chi connectivity index (χ1v) is 14.0. The number of halogens is 4. The van der Waals surface area contributed by atoms with E-state index in [0.29, 0.717) is 34.4 Å². The number of fused-ring (bicyclic) bond motifs is 1. The fraction of sp³-hybridized carbons (Fsp3) is 0.364. The van der Waals surface area contributed by atoms with Crippen LogP contribution in [0.5, 0.6) is 0 Å². The van der Waals surface area contributed by atoms with Gasteiger partial charge in [-0.1, -0.05) is 49.4 Å². The first-order valence-electron chi connectivity index (χ1n) is 14.0. The molecule has 0 aromatic heterocycles. The lowest BCUT2D eigenvalue weighted by Gasteiger charge is -2.26. The Morgan fingerprint density at radius 1 is 0.977 bits per heavy atom. The van der Waals surface area contributed by atoms with Crippen LogP contribution < -0.4 is 5.32 Å². The number of anilines is 1. The summed E-state index contributed by atoms with van der Waals surface area (Å²) in [5, 5.41) is 2.61. The number of aryl methyl sites for hydroxylation is 1. The van der Waals surface area contributed by atoms with Gasteiger partial charge in [-0.2, -0.15) is 13.2 Å². The number of ether oxygens (including phenoxy) is 1. The highest BCUT2D eigenvalue weighted by atomic mass is 19.4. The maximum absolute atomic E-state index is 14.1. The number of rotatable bonds is 9. The van der Waals surface area contributed by atoms with Gasteiger partial charge in [-0.15, -0.1) is 0 Å². The van der Waals surface area contributed by atoms with Crippen LogP contribution in [0.2, 0.25) is 0 Å². The van der Waals surface area contributed by atoms with Gasteiger partial charge in [0, 0.05) is 29.8 Å². The van der Waals surface area contributed by atoms with Crippen LogP contribution in [0, 0.1) is 11.7 Å². The van der Waals surface area contributed by atoms with Gasteiger partial charge < -0.3 is 15.0 Å². The van der Waals surface area contributed by atoms with Gasteiger partial charge in [-0.25, -0.2) is 4.39 Å². The summed E-state index contributed by atoms with van der Waals surface area (Å²) in [7, 11) is 0. The molecule has 0 aliphatic carbocycles. The van der Waals surface area contributed by atoms with E-state index in [1.165, 1.54) is 29.2 Å². The molecule has 1 heterocycles. The van der Waals surface area contributed by atoms with E-state index in [0.717, 1.165) is 6.92 Å². The summed E-state index contributed by atoms with van der Waals surface area (Å²) < 4.78 is 61.1. The molecular formula is C33H34F4N2O4. The van der Waals surface area contributed by atoms with Crippen LogP contribution >= 0.6 is 0 Å². The molecule has 1 aliphatic heterocycles. The Labute approximate surface area is 248 Å². The zero-order valence-corrected chi connectivity index (χ0v) is 24.4. The molecule has 3 aromatic carbocycles. The van der Waals surface area contributed by atoms with Gasteiger partial charge in [0.2, 0.25) is 5.91 Å². The normalized spacial score (nSPS) is 14.7. The standard InChI is InChI=1S/C33H34F4N2O4/c1-20(33(35,36)37)29(30(41)38-24-8-5-7-21(17-24)13-16-28(40)43-32(2,3)4)23-14-11-22(12-15-23)18-39-19-26-25(31(39)42)9-6-10-27(26)34/h5-12,14-15,17,20,29H,13,16,18-19H2,1-4H3,(H,38,41)/t20-,29+/m0/s1. The molecule has 0 spiro atoms. The average Bonchev–Trinajstić information content (AvgIpc) is 3.23. The molecule has 43 heavy (non-hydrogen) atoms. The van der Waals surface area contributed by atoms with Gasteiger partial charge in [-0.05, 0) is 68.1 Å². The van der Waals surface area contributed by atoms with Crippen molar-refractivity contribution in [3.05, 3.63) is 100 Å². The van der Waals surface area contributed by atoms with Crippen molar-refractivity contribution in [2.75, 3.05) is 5.32 Å². The molecule has 0 radical (unpaired) electrons. The molecule has 0 bridgehead atoms. The first-order chi connectivity index (χ1) is 20.1. The number of carbonyl (C=O) groups excluding carboxylic acids is 3. The molecular weight excluding hydrogens is 564 g/mol. The number of alkyl halides is 3. The second-order valence-electron chi connectivity index (χ2n) is 11.8. The minimum absolute atomic E-state index is 0.0928. The molecule has 1 aliphatic rings. The topological polar surface area (TPSA) is 75.7 Å². The smallest absolute Gasteiger partial charge is 0.392 e. The van der Waals surface area contributed by atoms with E-state index >= 15 is 0 Å². The summed E-state index contributed by atoms with van der Waals surface area (Å²) >= 11 is 0. The highest BCUT2D eigenvalue weighted by Crippen LogP contribution is 2.38. The molecule has 0 fully saturated rings. The van der Waals surface area contributed by atoms with Crippen molar-refractivity contribution in [3.8, 4) is 0 Å². The van der Waals surface area contributed by atoms with E-state index in [2.05, 4.69) is 5.32 Å². The maximum Gasteiger partial charge on any atom is 0.392 e. The third-order valence-corrected chi connectivity index (χ3v) is 7.23. The van der Waals surface area contributed by atoms with Crippen molar-refractivity contribution in [2.24, 2.45) is 5.92 Å². The van der Waals surface area contributed by atoms with Crippen LogP contribution in [0.15, 0.2) is 66.7 Å². The average molecular weight is 599 g/mol. The van der Waals surface area contributed by atoms with Crippen molar-refractivity contribution >= 4 is 23.5 Å². The Morgan fingerprint density at radius 3 is 2.28 bits per heavy atom. The zero-order valence-electron chi connectivity index (χ0n) is 24.4. The quantitative estimate of drug-likeness (QED) is 0.209. The summed E-state index contributed by atoms with van der Waals surface area (Å²) in [6.07, 6.45) is -4.20. The van der Waals surface area contributed by atoms with Crippen LogP contribution in [-0.2, 0) is 33.8 Å². The number of nitrogens with one attached hydrogen (secondary N) is 1. The largest absolute Gasteiger partial charge is 0.460 e. The van der Waals surface area contributed by atoms with Gasteiger partial charge in [-0.3, -0.25) is 14.4 Å². The molecule has 0 saturated carbocycles. The Balaban J connectivity index is 1.47. The Hall–Kier alpha value is -4.21. The molecule has 10 heteroatoms. The van der Waals surface area contributed by atoms with E-state index in [4.69, 9.17) is 4.74 Å². The molecule has 4 rings (SSSR count). The maximum atomic E-state index is 14.1. The van der Waals surface area contributed by atoms with Crippen molar-refractivity contribution < 1.29 is 36.7 Å². The predicted octanol–water partition coefficient (Wildman–Crippen LogP) is 7.18. The Bertz CT molecular complexity index is 1500. The van der Waals surface area contributed by atoms with E-state index in [1.54, 1.807) is 63.2 Å². The number of nitrogens with zero attached hydrogens (tertiary/aromatic N) is 1. The van der Waals surface area contributed by atoms with E-state index in [1.807, 2.05) is 0 Å². The first kappa shape index (κ1) is 31.7. The van der Waals surface area contributed by atoms with Gasteiger partial charge >= 0.3 is 12.1 Å². The molecule has 3 aromatic rings. The Kier molecular flexibility index (Phi) is 9.27. The van der Waals surface area contributed by atoms with Gasteiger partial charge in [0.1, 0.15) is 11.4 Å². The monoisotopic (exact) mass is 598 g/mol. The number of amides is 2. The van der Waals surface area contributed by atoms with Crippen LogP contribution in [0.3, 0.4) is 0 Å². The number of hydrogen-bond acceptors (Lipinski definition) is 4. The highest BCUT2D eigenvalue weighted by molar-refractivity contribution is 5.98. The molecule has 0 saturated heterocycles. The third kappa shape index (κ3) is 8.00. The minimum Gasteiger partial charge on any atom is -0.460 e. The molecule has 2 atom stereocenters. The summed E-state index contributed by atoms with van der Waals surface area (Å²) in [6, 6.07) is 17.0. The summed E-state index contributed by atoms with van der Waals surface area (Å²) in [5.41, 5.74) is 1.80. The predicted molar refractivity (Wildman–Crippen MR) is 154 cm³/mol. The Morgan fingerprint density at radius 2 is 1.65 bits per heavy atom. The summed E-state index contributed by atoms with van der Waals surface area (Å²) in [5.74, 6) is -5.54. The SMILES string of the molecule is C[C@@H]([C@@H](C(=O)Nc1cccc(CCC(=O)OC(C)(C)C)c1)c1ccc(CN2Cc3c(F)cccc3C2=O)cc1)C(F)(F)F. The fourth-order valence-corrected chi connectivity index (χ4v) is 5.05.